The summed E-state index contributed by atoms with van der Waals surface area (Å²) in [5, 5.41) is 3.19. The number of nitrogens with one attached hydrogen (secondary N) is 1. The second-order valence-corrected chi connectivity index (χ2v) is 7.97. The predicted molar refractivity (Wildman–Crippen MR) is 122 cm³/mol. The third kappa shape index (κ3) is 5.57. The van der Waals surface area contributed by atoms with E-state index < -0.39 is 0 Å². The number of anilines is 1. The number of carbonyl (C=O) groups excluding carboxylic acids is 1. The summed E-state index contributed by atoms with van der Waals surface area (Å²) in [6, 6.07) is 25.7. The largest absolute Gasteiger partial charge is 0.361 e. The Morgan fingerprint density at radius 1 is 0.935 bits per heavy atom. The fourth-order valence-corrected chi connectivity index (χ4v) is 4.09. The second kappa shape index (κ2) is 10.3. The van der Waals surface area contributed by atoms with E-state index in [0.29, 0.717) is 25.3 Å². The SMILES string of the molecule is O=CC1NCCCN1Cc1ccc(N(Cc2ccccc2)Cc2ccccc2)c(F)c1. The highest BCUT2D eigenvalue weighted by molar-refractivity contribution is 5.57. The molecule has 0 radical (unpaired) electrons. The first-order valence-electron chi connectivity index (χ1n) is 10.8. The maximum absolute atomic E-state index is 15.3. The van der Waals surface area contributed by atoms with E-state index in [4.69, 9.17) is 0 Å². The summed E-state index contributed by atoms with van der Waals surface area (Å²) < 4.78 is 15.3. The molecule has 0 amide bonds. The number of carbonyl (C=O) groups is 1. The lowest BCUT2D eigenvalue weighted by molar-refractivity contribution is -0.114. The van der Waals surface area contributed by atoms with Gasteiger partial charge in [-0.25, -0.2) is 4.39 Å². The van der Waals surface area contributed by atoms with Gasteiger partial charge in [0.15, 0.2) is 6.29 Å². The zero-order chi connectivity index (χ0) is 21.5. The number of hydrogen-bond donors (Lipinski definition) is 1. The highest BCUT2D eigenvalue weighted by Crippen LogP contribution is 2.25. The number of nitrogens with zero attached hydrogens (tertiary/aromatic N) is 2. The molecule has 3 aromatic carbocycles. The maximum atomic E-state index is 15.3. The second-order valence-electron chi connectivity index (χ2n) is 7.97. The van der Waals surface area contributed by atoms with Crippen molar-refractivity contribution in [1.29, 1.82) is 0 Å². The van der Waals surface area contributed by atoms with Crippen LogP contribution in [0.5, 0.6) is 0 Å². The molecule has 1 unspecified atom stereocenters. The van der Waals surface area contributed by atoms with Gasteiger partial charge in [-0.15, -0.1) is 0 Å². The first-order chi connectivity index (χ1) is 15.2. The Labute approximate surface area is 183 Å². The molecule has 1 heterocycles. The number of hydrogen-bond acceptors (Lipinski definition) is 4. The molecule has 0 spiro atoms. The van der Waals surface area contributed by atoms with E-state index >= 15 is 4.39 Å². The molecule has 1 fully saturated rings. The Bertz CT molecular complexity index is 939. The Morgan fingerprint density at radius 2 is 1.58 bits per heavy atom. The van der Waals surface area contributed by atoms with Crippen molar-refractivity contribution in [1.82, 2.24) is 10.2 Å². The summed E-state index contributed by atoms with van der Waals surface area (Å²) in [5.74, 6) is -0.239. The van der Waals surface area contributed by atoms with Crippen molar-refractivity contribution in [3.05, 3.63) is 101 Å². The number of halogens is 1. The van der Waals surface area contributed by atoms with Crippen molar-refractivity contribution >= 4 is 12.0 Å². The molecule has 0 saturated carbocycles. The Kier molecular flexibility index (Phi) is 7.07. The fraction of sp³-hybridized carbons (Fsp3) is 0.269. The minimum absolute atomic E-state index is 0.239. The maximum Gasteiger partial charge on any atom is 0.151 e. The minimum atomic E-state index is -0.302. The van der Waals surface area contributed by atoms with Gasteiger partial charge in [0.05, 0.1) is 5.69 Å². The van der Waals surface area contributed by atoms with Crippen LogP contribution in [0.25, 0.3) is 0 Å². The molecular weight excluding hydrogens is 389 g/mol. The number of aldehydes is 1. The van der Waals surface area contributed by atoms with Gasteiger partial charge >= 0.3 is 0 Å². The van der Waals surface area contributed by atoms with Crippen LogP contribution < -0.4 is 10.2 Å². The molecule has 5 heteroatoms. The summed E-state index contributed by atoms with van der Waals surface area (Å²) in [5.41, 5.74) is 3.72. The van der Waals surface area contributed by atoms with E-state index in [-0.39, 0.29) is 12.0 Å². The zero-order valence-corrected chi connectivity index (χ0v) is 17.6. The molecule has 3 aromatic rings. The Balaban J connectivity index is 1.56. The standard InChI is InChI=1S/C26H28FN3O/c27-24-16-23(19-29-15-7-14-28-26(29)20-31)12-13-25(24)30(17-21-8-3-1-4-9-21)18-22-10-5-2-6-11-22/h1-6,8-13,16,20,26,28H,7,14-15,17-19H2. The summed E-state index contributed by atoms with van der Waals surface area (Å²) in [7, 11) is 0. The molecule has 0 aromatic heterocycles. The average molecular weight is 418 g/mol. The van der Waals surface area contributed by atoms with Gasteiger partial charge in [0.1, 0.15) is 12.0 Å². The van der Waals surface area contributed by atoms with E-state index in [1.807, 2.05) is 48.5 Å². The lowest BCUT2D eigenvalue weighted by atomic mass is 10.1. The summed E-state index contributed by atoms with van der Waals surface area (Å²) >= 11 is 0. The summed E-state index contributed by atoms with van der Waals surface area (Å²) in [4.78, 5) is 15.5. The molecule has 1 saturated heterocycles. The average Bonchev–Trinajstić information content (AvgIpc) is 2.80. The highest BCUT2D eigenvalue weighted by Gasteiger charge is 2.22. The number of benzene rings is 3. The fourth-order valence-electron chi connectivity index (χ4n) is 4.09. The molecule has 31 heavy (non-hydrogen) atoms. The molecule has 0 aliphatic carbocycles. The minimum Gasteiger partial charge on any atom is -0.361 e. The van der Waals surface area contributed by atoms with Crippen molar-refractivity contribution < 1.29 is 9.18 Å². The lowest BCUT2D eigenvalue weighted by Crippen LogP contribution is -2.51. The van der Waals surface area contributed by atoms with E-state index in [0.717, 1.165) is 42.5 Å². The zero-order valence-electron chi connectivity index (χ0n) is 17.6. The summed E-state index contributed by atoms with van der Waals surface area (Å²) in [6.45, 7) is 3.45. The van der Waals surface area contributed by atoms with Gasteiger partial charge in [0, 0.05) is 26.2 Å². The van der Waals surface area contributed by atoms with Crippen LogP contribution in [0, 0.1) is 5.82 Å². The molecule has 1 N–H and O–H groups in total. The van der Waals surface area contributed by atoms with Crippen LogP contribution in [-0.2, 0) is 24.4 Å². The molecule has 0 bridgehead atoms. The van der Waals surface area contributed by atoms with Crippen LogP contribution in [0.15, 0.2) is 78.9 Å². The predicted octanol–water partition coefficient (Wildman–Crippen LogP) is 4.35. The van der Waals surface area contributed by atoms with Gasteiger partial charge in [0.25, 0.3) is 0 Å². The van der Waals surface area contributed by atoms with Crippen molar-refractivity contribution in [2.45, 2.75) is 32.2 Å². The lowest BCUT2D eigenvalue weighted by Gasteiger charge is -2.33. The monoisotopic (exact) mass is 417 g/mol. The first kappa shape index (κ1) is 21.2. The first-order valence-corrected chi connectivity index (χ1v) is 10.8. The van der Waals surface area contributed by atoms with E-state index in [1.165, 1.54) is 0 Å². The quantitative estimate of drug-likeness (QED) is 0.553. The smallest absolute Gasteiger partial charge is 0.151 e. The third-order valence-corrected chi connectivity index (χ3v) is 5.67. The van der Waals surface area contributed by atoms with Crippen LogP contribution in [0.4, 0.5) is 10.1 Å². The molecule has 4 nitrogen and oxygen atoms in total. The van der Waals surface area contributed by atoms with Gasteiger partial charge in [-0.3, -0.25) is 10.2 Å². The Morgan fingerprint density at radius 3 is 2.16 bits per heavy atom. The van der Waals surface area contributed by atoms with Crippen LogP contribution in [-0.4, -0.2) is 30.4 Å². The van der Waals surface area contributed by atoms with Gasteiger partial charge in [-0.2, -0.15) is 0 Å². The van der Waals surface area contributed by atoms with Crippen molar-refractivity contribution in [2.24, 2.45) is 0 Å². The molecule has 4 rings (SSSR count). The highest BCUT2D eigenvalue weighted by atomic mass is 19.1. The van der Waals surface area contributed by atoms with Crippen LogP contribution in [0.2, 0.25) is 0 Å². The van der Waals surface area contributed by atoms with Crippen LogP contribution >= 0.6 is 0 Å². The molecular formula is C26H28FN3O. The molecule has 1 aliphatic rings. The van der Waals surface area contributed by atoms with Crippen molar-refractivity contribution in [3.8, 4) is 0 Å². The van der Waals surface area contributed by atoms with Crippen molar-refractivity contribution in [2.75, 3.05) is 18.0 Å². The summed E-state index contributed by atoms with van der Waals surface area (Å²) in [6.07, 6.45) is 1.60. The van der Waals surface area contributed by atoms with Gasteiger partial charge in [-0.1, -0.05) is 66.7 Å². The van der Waals surface area contributed by atoms with Crippen LogP contribution in [0.3, 0.4) is 0 Å². The van der Waals surface area contributed by atoms with Crippen molar-refractivity contribution in [3.63, 3.8) is 0 Å². The number of rotatable bonds is 8. The van der Waals surface area contributed by atoms with Gasteiger partial charge in [0.2, 0.25) is 0 Å². The van der Waals surface area contributed by atoms with E-state index in [9.17, 15) is 4.79 Å². The topological polar surface area (TPSA) is 35.6 Å². The van der Waals surface area contributed by atoms with E-state index in [2.05, 4.69) is 39.4 Å². The van der Waals surface area contributed by atoms with E-state index in [1.54, 1.807) is 6.07 Å². The third-order valence-electron chi connectivity index (χ3n) is 5.67. The Hall–Kier alpha value is -3.02. The van der Waals surface area contributed by atoms with Gasteiger partial charge in [-0.05, 0) is 41.8 Å². The normalized spacial score (nSPS) is 16.7. The molecule has 160 valence electrons. The molecule has 1 atom stereocenters. The molecule has 1 aliphatic heterocycles. The van der Waals surface area contributed by atoms with Crippen LogP contribution in [0.1, 0.15) is 23.1 Å². The van der Waals surface area contributed by atoms with Gasteiger partial charge < -0.3 is 9.69 Å².